The number of fused-ring (bicyclic) bond motifs is 5. The Morgan fingerprint density at radius 3 is 3.00 bits per heavy atom. The summed E-state index contributed by atoms with van der Waals surface area (Å²) in [6, 6.07) is 5.76. The number of allylic oxidation sites excluding steroid dienone is 2. The highest BCUT2D eigenvalue weighted by atomic mass is 79.9. The first-order valence-electron chi connectivity index (χ1n) is 7.71. The Labute approximate surface area is 133 Å². The van der Waals surface area contributed by atoms with Gasteiger partial charge in [0.15, 0.2) is 5.78 Å². The second kappa shape index (κ2) is 4.45. The molecule has 3 aliphatic rings. The summed E-state index contributed by atoms with van der Waals surface area (Å²) in [5, 5.41) is 9.67. The van der Waals surface area contributed by atoms with Crippen molar-refractivity contribution in [3.05, 3.63) is 41.0 Å². The summed E-state index contributed by atoms with van der Waals surface area (Å²) in [7, 11) is 0. The van der Waals surface area contributed by atoms with E-state index < -0.39 is 0 Å². The molecule has 0 amide bonds. The minimum atomic E-state index is -0.176. The van der Waals surface area contributed by atoms with Gasteiger partial charge in [-0.3, -0.25) is 4.79 Å². The number of alkyl halides is 1. The highest BCUT2D eigenvalue weighted by molar-refractivity contribution is 9.10. The van der Waals surface area contributed by atoms with Crippen LogP contribution in [0.1, 0.15) is 43.2 Å². The highest BCUT2D eigenvalue weighted by Gasteiger charge is 2.55. The molecule has 3 heteroatoms. The number of carbonyl (C=O) groups excluding carboxylic acids is 1. The van der Waals surface area contributed by atoms with E-state index in [1.54, 1.807) is 6.07 Å². The summed E-state index contributed by atoms with van der Waals surface area (Å²) in [5.41, 5.74) is 3.90. The monoisotopic (exact) mass is 346 g/mol. The number of rotatable bonds is 0. The predicted molar refractivity (Wildman–Crippen MR) is 85.8 cm³/mol. The van der Waals surface area contributed by atoms with Gasteiger partial charge < -0.3 is 5.11 Å². The van der Waals surface area contributed by atoms with E-state index in [9.17, 15) is 9.90 Å². The standard InChI is InChI=1S/C18H19BrO2/c1-18-7-6-13-12-5-3-11(20)8-10(12)2-4-14(13)15(18)9-16(19)17(18)21/h3-5,8,13,15-16,20H,2,6-7,9H2,1H3/t13-,15+,16-,18+/m1/s1. The molecule has 0 aliphatic heterocycles. The third kappa shape index (κ3) is 1.79. The highest BCUT2D eigenvalue weighted by Crippen LogP contribution is 2.58. The average molecular weight is 347 g/mol. The molecule has 110 valence electrons. The van der Waals surface area contributed by atoms with Gasteiger partial charge in [0.1, 0.15) is 5.75 Å². The minimum absolute atomic E-state index is 0.0216. The first kappa shape index (κ1) is 13.6. The number of ketones is 1. The predicted octanol–water partition coefficient (Wildman–Crippen LogP) is 4.11. The molecule has 2 nitrogen and oxygen atoms in total. The lowest BCUT2D eigenvalue weighted by atomic mass is 9.60. The average Bonchev–Trinajstić information content (AvgIpc) is 2.70. The van der Waals surface area contributed by atoms with E-state index in [1.807, 2.05) is 6.07 Å². The molecule has 1 N–H and O–H groups in total. The van der Waals surface area contributed by atoms with Crippen LogP contribution in [0.5, 0.6) is 5.75 Å². The summed E-state index contributed by atoms with van der Waals surface area (Å²) < 4.78 is 0. The quantitative estimate of drug-likeness (QED) is 0.566. The fraction of sp³-hybridized carbons (Fsp3) is 0.500. The van der Waals surface area contributed by atoms with E-state index >= 15 is 0 Å². The van der Waals surface area contributed by atoms with Gasteiger partial charge in [0, 0.05) is 11.3 Å². The number of carbonyl (C=O) groups is 1. The SMILES string of the molecule is C[C@]12CC[C@H]3C(=CCc4cc(O)ccc43)[C@@H]1C[C@@H](Br)C2=O. The molecular formula is C18H19BrO2. The van der Waals surface area contributed by atoms with Gasteiger partial charge in [-0.15, -0.1) is 0 Å². The van der Waals surface area contributed by atoms with E-state index in [-0.39, 0.29) is 10.2 Å². The fourth-order valence-electron chi connectivity index (χ4n) is 4.71. The molecule has 2 fully saturated rings. The molecule has 0 saturated heterocycles. The number of Topliss-reactive ketones (excluding diaryl/α,β-unsaturated/α-hetero) is 1. The van der Waals surface area contributed by atoms with Crippen LogP contribution in [-0.2, 0) is 11.2 Å². The molecule has 1 aromatic rings. The Morgan fingerprint density at radius 1 is 1.38 bits per heavy atom. The third-order valence-electron chi connectivity index (χ3n) is 5.88. The molecular weight excluding hydrogens is 328 g/mol. The lowest BCUT2D eigenvalue weighted by Gasteiger charge is -2.43. The van der Waals surface area contributed by atoms with Gasteiger partial charge in [0.25, 0.3) is 0 Å². The van der Waals surface area contributed by atoms with E-state index in [4.69, 9.17) is 0 Å². The van der Waals surface area contributed by atoms with E-state index in [1.165, 1.54) is 16.7 Å². The molecule has 3 aliphatic carbocycles. The number of phenols is 1. The molecule has 4 rings (SSSR count). The molecule has 0 radical (unpaired) electrons. The lowest BCUT2D eigenvalue weighted by molar-refractivity contribution is -0.126. The van der Waals surface area contributed by atoms with Crippen molar-refractivity contribution in [1.29, 1.82) is 0 Å². The molecule has 1 aromatic carbocycles. The number of phenolic OH excluding ortho intramolecular Hbond substituents is 1. The second-order valence-electron chi connectivity index (χ2n) is 6.92. The maximum atomic E-state index is 12.5. The summed E-state index contributed by atoms with van der Waals surface area (Å²) in [6.07, 6.45) is 6.16. The van der Waals surface area contributed by atoms with Crippen LogP contribution in [0.25, 0.3) is 0 Å². The van der Waals surface area contributed by atoms with Crippen molar-refractivity contribution < 1.29 is 9.90 Å². The van der Waals surface area contributed by atoms with Gasteiger partial charge in [-0.1, -0.05) is 40.6 Å². The molecule has 4 atom stereocenters. The maximum Gasteiger partial charge on any atom is 0.152 e. The van der Waals surface area contributed by atoms with Gasteiger partial charge in [0.05, 0.1) is 4.83 Å². The van der Waals surface area contributed by atoms with Crippen molar-refractivity contribution in [1.82, 2.24) is 0 Å². The van der Waals surface area contributed by atoms with Crippen molar-refractivity contribution in [2.75, 3.05) is 0 Å². The van der Waals surface area contributed by atoms with Gasteiger partial charge in [-0.05, 0) is 54.9 Å². The topological polar surface area (TPSA) is 37.3 Å². The Morgan fingerprint density at radius 2 is 2.19 bits per heavy atom. The van der Waals surface area contributed by atoms with Crippen LogP contribution in [0.3, 0.4) is 0 Å². The lowest BCUT2D eigenvalue weighted by Crippen LogP contribution is -2.37. The summed E-state index contributed by atoms with van der Waals surface area (Å²) in [5.74, 6) is 1.57. The molecule has 0 heterocycles. The molecule has 0 unspecified atom stereocenters. The van der Waals surface area contributed by atoms with Gasteiger partial charge in [0.2, 0.25) is 0 Å². The summed E-state index contributed by atoms with van der Waals surface area (Å²) in [6.45, 7) is 2.16. The zero-order valence-electron chi connectivity index (χ0n) is 12.1. The first-order chi connectivity index (χ1) is 10.0. The maximum absolute atomic E-state index is 12.5. The summed E-state index contributed by atoms with van der Waals surface area (Å²) in [4.78, 5) is 12.5. The first-order valence-corrected chi connectivity index (χ1v) is 8.62. The number of aromatic hydroxyl groups is 1. The largest absolute Gasteiger partial charge is 0.508 e. The molecule has 21 heavy (non-hydrogen) atoms. The summed E-state index contributed by atoms with van der Waals surface area (Å²) >= 11 is 3.58. The molecule has 0 spiro atoms. The Bertz CT molecular complexity index is 663. The number of hydrogen-bond donors (Lipinski definition) is 1. The van der Waals surface area contributed by atoms with Crippen LogP contribution in [-0.4, -0.2) is 15.7 Å². The number of halogens is 1. The van der Waals surface area contributed by atoms with Crippen LogP contribution >= 0.6 is 15.9 Å². The van der Waals surface area contributed by atoms with Crippen molar-refractivity contribution in [2.45, 2.75) is 43.4 Å². The number of benzene rings is 1. The van der Waals surface area contributed by atoms with Crippen LogP contribution in [0.15, 0.2) is 29.8 Å². The molecule has 0 bridgehead atoms. The van der Waals surface area contributed by atoms with Crippen molar-refractivity contribution in [3.63, 3.8) is 0 Å². The zero-order valence-corrected chi connectivity index (χ0v) is 13.7. The van der Waals surface area contributed by atoms with Crippen LogP contribution in [0.4, 0.5) is 0 Å². The Balaban J connectivity index is 1.77. The minimum Gasteiger partial charge on any atom is -0.508 e. The Kier molecular flexibility index (Phi) is 2.88. The zero-order chi connectivity index (χ0) is 14.8. The molecule has 2 saturated carbocycles. The van der Waals surface area contributed by atoms with E-state index in [0.29, 0.717) is 23.4 Å². The smallest absolute Gasteiger partial charge is 0.152 e. The van der Waals surface area contributed by atoms with E-state index in [0.717, 1.165) is 25.7 Å². The normalized spacial score (nSPS) is 37.5. The van der Waals surface area contributed by atoms with Gasteiger partial charge in [-0.2, -0.15) is 0 Å². The van der Waals surface area contributed by atoms with Gasteiger partial charge in [-0.25, -0.2) is 0 Å². The van der Waals surface area contributed by atoms with Crippen molar-refractivity contribution in [3.8, 4) is 5.75 Å². The second-order valence-corrected chi connectivity index (χ2v) is 8.03. The van der Waals surface area contributed by atoms with Crippen molar-refractivity contribution in [2.24, 2.45) is 11.3 Å². The fourth-order valence-corrected chi connectivity index (χ4v) is 5.61. The number of hydrogen-bond acceptors (Lipinski definition) is 2. The van der Waals surface area contributed by atoms with Crippen LogP contribution < -0.4 is 0 Å². The Hall–Kier alpha value is -1.09. The van der Waals surface area contributed by atoms with Crippen molar-refractivity contribution >= 4 is 21.7 Å². The third-order valence-corrected chi connectivity index (χ3v) is 6.67. The van der Waals surface area contributed by atoms with E-state index in [2.05, 4.69) is 35.0 Å². The molecule has 0 aromatic heterocycles. The van der Waals surface area contributed by atoms with Crippen LogP contribution in [0, 0.1) is 11.3 Å². The van der Waals surface area contributed by atoms with Gasteiger partial charge >= 0.3 is 0 Å². The van der Waals surface area contributed by atoms with Crippen LogP contribution in [0.2, 0.25) is 0 Å².